The Morgan fingerprint density at radius 1 is 0.822 bits per heavy atom. The smallest absolute Gasteiger partial charge is 0.330 e. The molecule has 6 atom stereocenters. The van der Waals surface area contributed by atoms with E-state index in [1.54, 1.807) is 12.4 Å². The van der Waals surface area contributed by atoms with Gasteiger partial charge in [-0.3, -0.25) is 28.7 Å². The summed E-state index contributed by atoms with van der Waals surface area (Å²) in [6.45, 7) is 21.2. The Kier molecular flexibility index (Phi) is 14.1. The van der Waals surface area contributed by atoms with Crippen LogP contribution in [0.5, 0.6) is 0 Å². The van der Waals surface area contributed by atoms with Crippen molar-refractivity contribution >= 4 is 38.7 Å². The van der Waals surface area contributed by atoms with Crippen LogP contribution in [0.15, 0.2) is 31.6 Å². The molecule has 10 nitrogen and oxygen atoms in total. The number of nitrogens with one attached hydrogen (secondary N) is 2. The molecular weight excluding hydrogens is 723 g/mol. The molecule has 248 valence electrons. The molecule has 0 bridgehead atoms. The standard InChI is InChI=1S/C16H24N2O3Si.C11H15IN2O3.C5H10Si/c1-6-13-11(2)9-14(21-13)18-10-12(7-8-22(3,4)5)15(19)17-16(18)20;1-3-8-6(2)4-9(17-8)14-5-7(12)10(15)13-11(14)16;1-5-6(2,3)4/h10-11,13-14H,6,9H2,1-5H3,(H,17,19,20);5-6,8-9H,3-4H2,1-2H3,(H,13,15,16);1H,2-4H3/t11-,13-,14-;6-,8-,9-;/m11./s1/i7+1,8+1;;1+1,5+1. The Hall–Kier alpha value is -2.44. The second-order valence-electron chi connectivity index (χ2n) is 13.7. The first kappa shape index (κ1) is 38.7. The Balaban J connectivity index is 0.000000272. The lowest BCUT2D eigenvalue weighted by Crippen LogP contribution is -2.33. The molecule has 0 aliphatic carbocycles. The van der Waals surface area contributed by atoms with Crippen LogP contribution in [0.25, 0.3) is 0 Å². The first-order chi connectivity index (χ1) is 20.8. The molecule has 0 spiro atoms. The number of halogens is 1. The maximum Gasteiger partial charge on any atom is 0.330 e. The number of H-pyrrole nitrogens is 2. The second-order valence-corrected chi connectivity index (χ2v) is 24.4. The summed E-state index contributed by atoms with van der Waals surface area (Å²) in [5.41, 5.74) is 4.63. The average Bonchev–Trinajstić information content (AvgIpc) is 3.51. The summed E-state index contributed by atoms with van der Waals surface area (Å²) in [5.74, 6) is 3.76. The van der Waals surface area contributed by atoms with Crippen LogP contribution in [0, 0.1) is 38.8 Å². The zero-order valence-corrected chi connectivity index (χ0v) is 32.4. The number of aromatic amines is 2. The molecule has 13 heteroatoms. The summed E-state index contributed by atoms with van der Waals surface area (Å²) in [7, 11) is -2.69. The van der Waals surface area contributed by atoms with Gasteiger partial charge in [0.05, 0.1) is 15.8 Å². The van der Waals surface area contributed by atoms with Crippen molar-refractivity contribution in [3.8, 4) is 23.4 Å². The minimum Gasteiger partial charge on any atom is -0.354 e. The van der Waals surface area contributed by atoms with Crippen molar-refractivity contribution < 1.29 is 9.47 Å². The van der Waals surface area contributed by atoms with Crippen molar-refractivity contribution in [2.45, 2.75) is 117 Å². The minimum absolute atomic E-state index is 0.153. The highest BCUT2D eigenvalue weighted by Gasteiger charge is 2.33. The third kappa shape index (κ3) is 11.7. The predicted molar refractivity (Wildman–Crippen MR) is 194 cm³/mol. The van der Waals surface area contributed by atoms with Crippen molar-refractivity contribution in [3.63, 3.8) is 0 Å². The lowest BCUT2D eigenvalue weighted by atomic mass is 10.0. The third-order valence-electron chi connectivity index (χ3n) is 7.40. The Morgan fingerprint density at radius 2 is 1.24 bits per heavy atom. The third-order valence-corrected chi connectivity index (χ3v) is 9.91. The molecule has 2 fully saturated rings. The van der Waals surface area contributed by atoms with Gasteiger partial charge in [-0.25, -0.2) is 9.59 Å². The molecule has 2 N–H and O–H groups in total. The lowest BCUT2D eigenvalue weighted by Gasteiger charge is -2.15. The van der Waals surface area contributed by atoms with Crippen LogP contribution in [-0.4, -0.2) is 47.5 Å². The molecule has 4 heterocycles. The van der Waals surface area contributed by atoms with Crippen LogP contribution in [0.2, 0.25) is 39.3 Å². The quantitative estimate of drug-likeness (QED) is 0.194. The highest BCUT2D eigenvalue weighted by molar-refractivity contribution is 14.1. The molecule has 2 saturated heterocycles. The Bertz CT molecular complexity index is 1650. The van der Waals surface area contributed by atoms with E-state index in [1.165, 1.54) is 9.13 Å². The zero-order chi connectivity index (χ0) is 34.3. The van der Waals surface area contributed by atoms with E-state index < -0.39 is 33.1 Å². The van der Waals surface area contributed by atoms with E-state index in [2.05, 4.69) is 94.0 Å². The number of hydrogen-bond donors (Lipinski definition) is 2. The zero-order valence-electron chi connectivity index (χ0n) is 28.2. The summed E-state index contributed by atoms with van der Waals surface area (Å²) in [6, 6.07) is 0. The van der Waals surface area contributed by atoms with Crippen molar-refractivity contribution in [1.82, 2.24) is 19.1 Å². The van der Waals surface area contributed by atoms with E-state index >= 15 is 0 Å². The molecule has 0 saturated carbocycles. The van der Waals surface area contributed by atoms with Gasteiger partial charge in [0.25, 0.3) is 11.1 Å². The molecular formula is C32H49IN4O6Si2. The fourth-order valence-corrected chi connectivity index (χ4v) is 5.74. The van der Waals surface area contributed by atoms with Gasteiger partial charge in [0.2, 0.25) is 0 Å². The van der Waals surface area contributed by atoms with Gasteiger partial charge in [-0.05, 0) is 60.1 Å². The van der Waals surface area contributed by atoms with E-state index in [9.17, 15) is 19.2 Å². The van der Waals surface area contributed by atoms with Gasteiger partial charge >= 0.3 is 11.4 Å². The van der Waals surface area contributed by atoms with Gasteiger partial charge in [-0.1, -0.05) is 72.9 Å². The minimum atomic E-state index is -1.59. The summed E-state index contributed by atoms with van der Waals surface area (Å²) in [5, 5.41) is 0. The van der Waals surface area contributed by atoms with Gasteiger partial charge in [0.1, 0.15) is 34.2 Å². The monoisotopic (exact) mass is 772 g/mol. The molecule has 2 aromatic heterocycles. The van der Waals surface area contributed by atoms with Crippen molar-refractivity contribution in [1.29, 1.82) is 0 Å². The Morgan fingerprint density at radius 3 is 1.62 bits per heavy atom. The number of ether oxygens (including phenoxy) is 2. The lowest BCUT2D eigenvalue weighted by molar-refractivity contribution is -0.00783. The van der Waals surface area contributed by atoms with Crippen molar-refractivity contribution in [3.05, 3.63) is 63.2 Å². The topological polar surface area (TPSA) is 128 Å². The first-order valence-electron chi connectivity index (χ1n) is 15.5. The molecule has 4 rings (SSSR count). The van der Waals surface area contributed by atoms with Crippen LogP contribution in [0.1, 0.15) is 71.4 Å². The summed E-state index contributed by atoms with van der Waals surface area (Å²) < 4.78 is 15.2. The average molecular weight is 773 g/mol. The predicted octanol–water partition coefficient (Wildman–Crippen LogP) is 5.07. The summed E-state index contributed by atoms with van der Waals surface area (Å²) in [4.78, 5) is 51.6. The SMILES string of the molecule is CC[C@H]1O[C@@H](n2cc(I)c(=O)[nH]c2=O)C[C@H]1C.CC[C@H]1O[C@@H](n2cc([13C]#[13C][Si](C)(C)C)c(=O)[nH]c2=O)C[C@H]1C.C[Si](C)(C)[13C]#[13CH]. The van der Waals surface area contributed by atoms with E-state index in [4.69, 9.17) is 15.9 Å². The molecule has 0 aromatic carbocycles. The van der Waals surface area contributed by atoms with Crippen LogP contribution < -0.4 is 22.5 Å². The second kappa shape index (κ2) is 16.4. The maximum atomic E-state index is 12.1. The van der Waals surface area contributed by atoms with Gasteiger partial charge in [-0.15, -0.1) is 17.5 Å². The molecule has 0 amide bonds. The highest BCUT2D eigenvalue weighted by Crippen LogP contribution is 2.34. The molecule has 2 aliphatic rings. The molecule has 2 aromatic rings. The molecule has 0 radical (unpaired) electrons. The van der Waals surface area contributed by atoms with Gasteiger partial charge in [-0.2, -0.15) is 0 Å². The van der Waals surface area contributed by atoms with E-state index in [1.807, 2.05) is 22.6 Å². The fraction of sp³-hybridized carbons (Fsp3) is 0.625. The van der Waals surface area contributed by atoms with Crippen LogP contribution in [0.3, 0.4) is 0 Å². The van der Waals surface area contributed by atoms with Crippen LogP contribution >= 0.6 is 22.6 Å². The molecule has 0 unspecified atom stereocenters. The molecule has 2 aliphatic heterocycles. The Labute approximate surface area is 281 Å². The number of hydrogen-bond acceptors (Lipinski definition) is 6. The van der Waals surface area contributed by atoms with Crippen molar-refractivity contribution in [2.24, 2.45) is 11.8 Å². The van der Waals surface area contributed by atoms with Crippen molar-refractivity contribution in [2.75, 3.05) is 0 Å². The normalized spacial score (nSPS) is 24.3. The molecule has 45 heavy (non-hydrogen) atoms. The van der Waals surface area contributed by atoms with E-state index in [0.717, 1.165) is 25.7 Å². The van der Waals surface area contributed by atoms with Gasteiger partial charge in [0.15, 0.2) is 0 Å². The largest absolute Gasteiger partial charge is 0.354 e. The van der Waals surface area contributed by atoms with Crippen LogP contribution in [0.4, 0.5) is 0 Å². The van der Waals surface area contributed by atoms with Crippen LogP contribution in [-0.2, 0) is 9.47 Å². The summed E-state index contributed by atoms with van der Waals surface area (Å²) in [6.07, 6.45) is 11.4. The van der Waals surface area contributed by atoms with Gasteiger partial charge in [0, 0.05) is 12.4 Å². The number of terminal acetylenes is 1. The van der Waals surface area contributed by atoms with E-state index in [0.29, 0.717) is 21.0 Å². The van der Waals surface area contributed by atoms with E-state index in [-0.39, 0.29) is 30.2 Å². The van der Waals surface area contributed by atoms with Gasteiger partial charge < -0.3 is 9.47 Å². The number of nitrogens with zero attached hydrogens (tertiary/aromatic N) is 2. The number of rotatable bonds is 4. The highest BCUT2D eigenvalue weighted by atomic mass is 127. The summed E-state index contributed by atoms with van der Waals surface area (Å²) >= 11 is 1.91. The maximum absolute atomic E-state index is 12.1. The first-order valence-corrected chi connectivity index (χ1v) is 23.6. The fourth-order valence-electron chi connectivity index (χ4n) is 4.80. The number of aromatic nitrogens is 4.